The average molecular weight is 380 g/mol. The molecule has 1 aliphatic heterocycles. The Morgan fingerprint density at radius 2 is 1.64 bits per heavy atom. The maximum absolute atomic E-state index is 12.9. The third kappa shape index (κ3) is 3.85. The number of ether oxygens (including phenoxy) is 1. The Morgan fingerprint density at radius 1 is 1.00 bits per heavy atom. The van der Waals surface area contributed by atoms with E-state index in [0.717, 1.165) is 43.7 Å². The van der Waals surface area contributed by atoms with Crippen LogP contribution in [0.25, 0.3) is 0 Å². The van der Waals surface area contributed by atoms with Gasteiger partial charge in [0, 0.05) is 13.1 Å². The molecule has 2 N–H and O–H groups in total. The van der Waals surface area contributed by atoms with Crippen LogP contribution in [0.2, 0.25) is 0 Å². The summed E-state index contributed by atoms with van der Waals surface area (Å²) in [7, 11) is 0. The summed E-state index contributed by atoms with van der Waals surface area (Å²) >= 11 is 0. The van der Waals surface area contributed by atoms with Crippen LogP contribution in [0.3, 0.4) is 0 Å². The molecule has 1 aliphatic carbocycles. The highest BCUT2D eigenvalue weighted by molar-refractivity contribution is 5.93. The van der Waals surface area contributed by atoms with Gasteiger partial charge in [-0.15, -0.1) is 0 Å². The molecular weight excluding hydrogens is 350 g/mol. The van der Waals surface area contributed by atoms with Crippen LogP contribution in [0.15, 0.2) is 54.6 Å². The molecule has 2 aliphatic rings. The van der Waals surface area contributed by atoms with Crippen molar-refractivity contribution in [1.82, 2.24) is 5.32 Å². The molecule has 148 valence electrons. The third-order valence-corrected chi connectivity index (χ3v) is 5.80. The number of nitrogens with zero attached hydrogens (tertiary/aromatic N) is 1. The number of hydrogen-bond donors (Lipinski definition) is 2. The van der Waals surface area contributed by atoms with Gasteiger partial charge in [-0.05, 0) is 50.8 Å². The van der Waals surface area contributed by atoms with Crippen LogP contribution < -0.4 is 15.5 Å². The Morgan fingerprint density at radius 3 is 2.29 bits per heavy atom. The van der Waals surface area contributed by atoms with E-state index in [1.54, 1.807) is 0 Å². The molecule has 2 aromatic carbocycles. The second-order valence-corrected chi connectivity index (χ2v) is 8.06. The van der Waals surface area contributed by atoms with Crippen molar-refractivity contribution in [3.05, 3.63) is 60.2 Å². The summed E-state index contributed by atoms with van der Waals surface area (Å²) in [6.45, 7) is 5.81. The van der Waals surface area contributed by atoms with Crippen molar-refractivity contribution < 1.29 is 9.53 Å². The van der Waals surface area contributed by atoms with E-state index in [4.69, 9.17) is 4.74 Å². The second-order valence-electron chi connectivity index (χ2n) is 8.06. The van der Waals surface area contributed by atoms with Gasteiger partial charge in [-0.3, -0.25) is 0 Å². The predicted molar refractivity (Wildman–Crippen MR) is 113 cm³/mol. The van der Waals surface area contributed by atoms with Gasteiger partial charge < -0.3 is 20.3 Å². The summed E-state index contributed by atoms with van der Waals surface area (Å²) in [5.41, 5.74) is 2.81. The molecule has 1 saturated heterocycles. The average Bonchev–Trinajstić information content (AvgIpc) is 2.65. The number of amides is 2. The number of hydrogen-bond acceptors (Lipinski definition) is 3. The van der Waals surface area contributed by atoms with Crippen LogP contribution in [0, 0.1) is 0 Å². The van der Waals surface area contributed by atoms with Crippen molar-refractivity contribution in [1.29, 1.82) is 0 Å². The maximum atomic E-state index is 12.9. The van der Waals surface area contributed by atoms with Gasteiger partial charge in [-0.1, -0.05) is 42.5 Å². The number of carbonyl (C=O) groups excluding carboxylic acids is 1. The number of anilines is 2. The fourth-order valence-electron chi connectivity index (χ4n) is 4.37. The zero-order valence-corrected chi connectivity index (χ0v) is 16.7. The Kier molecular flexibility index (Phi) is 5.27. The largest absolute Gasteiger partial charge is 0.372 e. The van der Waals surface area contributed by atoms with E-state index in [9.17, 15) is 4.79 Å². The molecule has 5 heteroatoms. The van der Waals surface area contributed by atoms with Crippen LogP contribution in [0.5, 0.6) is 0 Å². The minimum Gasteiger partial charge on any atom is -0.372 e. The van der Waals surface area contributed by atoms with E-state index in [1.165, 1.54) is 5.56 Å². The highest BCUT2D eigenvalue weighted by atomic mass is 16.5. The van der Waals surface area contributed by atoms with Gasteiger partial charge in [0.2, 0.25) is 0 Å². The number of carbonyl (C=O) groups is 1. The lowest BCUT2D eigenvalue weighted by Gasteiger charge is -2.43. The van der Waals surface area contributed by atoms with Crippen LogP contribution in [-0.4, -0.2) is 31.3 Å². The molecule has 0 aromatic heterocycles. The molecule has 1 heterocycles. The molecule has 0 radical (unpaired) electrons. The van der Waals surface area contributed by atoms with Crippen LogP contribution in [-0.2, 0) is 10.3 Å². The number of rotatable bonds is 4. The number of benzene rings is 2. The molecule has 2 unspecified atom stereocenters. The molecule has 4 rings (SSSR count). The first-order chi connectivity index (χ1) is 13.6. The molecule has 1 saturated carbocycles. The summed E-state index contributed by atoms with van der Waals surface area (Å²) in [4.78, 5) is 15.2. The molecule has 2 atom stereocenters. The Balaban J connectivity index is 1.49. The van der Waals surface area contributed by atoms with E-state index in [2.05, 4.69) is 47.6 Å². The third-order valence-electron chi connectivity index (χ3n) is 5.80. The Hall–Kier alpha value is -2.53. The van der Waals surface area contributed by atoms with Crippen LogP contribution >= 0.6 is 0 Å². The van der Waals surface area contributed by atoms with Crippen molar-refractivity contribution >= 4 is 17.4 Å². The lowest BCUT2D eigenvalue weighted by molar-refractivity contribution is -0.00517. The zero-order valence-electron chi connectivity index (χ0n) is 16.7. The summed E-state index contributed by atoms with van der Waals surface area (Å²) in [5.74, 6) is 0. The van der Waals surface area contributed by atoms with Crippen LogP contribution in [0.4, 0.5) is 16.2 Å². The molecule has 5 nitrogen and oxygen atoms in total. The van der Waals surface area contributed by atoms with E-state index >= 15 is 0 Å². The highest BCUT2D eigenvalue weighted by Gasteiger charge is 2.40. The Bertz CT molecular complexity index is 810. The fourth-order valence-corrected chi connectivity index (χ4v) is 4.37. The van der Waals surface area contributed by atoms with Crippen molar-refractivity contribution in [2.45, 2.75) is 50.9 Å². The van der Waals surface area contributed by atoms with Crippen molar-refractivity contribution in [2.75, 3.05) is 23.3 Å². The van der Waals surface area contributed by atoms with Gasteiger partial charge in [-0.2, -0.15) is 0 Å². The van der Waals surface area contributed by atoms with Crippen molar-refractivity contribution in [2.24, 2.45) is 0 Å². The first-order valence-electron chi connectivity index (χ1n) is 10.2. The normalized spacial score (nSPS) is 23.6. The number of nitrogens with one attached hydrogen (secondary N) is 2. The quantitative estimate of drug-likeness (QED) is 0.822. The van der Waals surface area contributed by atoms with Gasteiger partial charge in [0.15, 0.2) is 0 Å². The lowest BCUT2D eigenvalue weighted by Crippen LogP contribution is -2.52. The summed E-state index contributed by atoms with van der Waals surface area (Å²) in [6.07, 6.45) is 3.42. The molecule has 28 heavy (non-hydrogen) atoms. The monoisotopic (exact) mass is 379 g/mol. The molecule has 0 bridgehead atoms. The fraction of sp³-hybridized carbons (Fsp3) is 0.435. The Labute approximate surface area is 167 Å². The molecule has 0 spiro atoms. The summed E-state index contributed by atoms with van der Waals surface area (Å²) in [6, 6.07) is 18.1. The smallest absolute Gasteiger partial charge is 0.319 e. The first kappa shape index (κ1) is 18.8. The maximum Gasteiger partial charge on any atom is 0.319 e. The zero-order chi connectivity index (χ0) is 19.6. The van der Waals surface area contributed by atoms with Gasteiger partial charge in [0.1, 0.15) is 0 Å². The first-order valence-corrected chi connectivity index (χ1v) is 10.2. The minimum atomic E-state index is -0.248. The number of morpholine rings is 1. The second kappa shape index (κ2) is 7.84. The number of para-hydroxylation sites is 2. The van der Waals surface area contributed by atoms with E-state index in [1.807, 2.05) is 36.4 Å². The topological polar surface area (TPSA) is 53.6 Å². The van der Waals surface area contributed by atoms with Crippen molar-refractivity contribution in [3.63, 3.8) is 0 Å². The molecule has 2 fully saturated rings. The lowest BCUT2D eigenvalue weighted by atomic mass is 9.72. The SMILES string of the molecule is CC1CN(c2ccccc2NC(=O)NC2(c3ccccc3)CCC2)CC(C)O1. The number of urea groups is 1. The highest BCUT2D eigenvalue weighted by Crippen LogP contribution is 2.41. The van der Waals surface area contributed by atoms with Gasteiger partial charge in [0.25, 0.3) is 0 Å². The summed E-state index contributed by atoms with van der Waals surface area (Å²) in [5, 5.41) is 6.35. The summed E-state index contributed by atoms with van der Waals surface area (Å²) < 4.78 is 5.85. The van der Waals surface area contributed by atoms with Gasteiger partial charge in [-0.25, -0.2) is 4.79 Å². The minimum absolute atomic E-state index is 0.148. The van der Waals surface area contributed by atoms with E-state index in [-0.39, 0.29) is 23.8 Å². The standard InChI is InChI=1S/C23H29N3O2/c1-17-15-26(16-18(2)28-17)21-12-7-6-11-20(21)24-22(27)25-23(13-8-14-23)19-9-4-3-5-10-19/h3-7,9-12,17-18H,8,13-16H2,1-2H3,(H2,24,25,27). The van der Waals surface area contributed by atoms with Crippen molar-refractivity contribution in [3.8, 4) is 0 Å². The molecule has 2 aromatic rings. The van der Waals surface area contributed by atoms with Gasteiger partial charge >= 0.3 is 6.03 Å². The van der Waals surface area contributed by atoms with Gasteiger partial charge in [0.05, 0.1) is 29.1 Å². The molecule has 2 amide bonds. The van der Waals surface area contributed by atoms with E-state index in [0.29, 0.717) is 0 Å². The molecular formula is C23H29N3O2. The van der Waals surface area contributed by atoms with E-state index < -0.39 is 0 Å². The van der Waals surface area contributed by atoms with Crippen LogP contribution in [0.1, 0.15) is 38.7 Å². The predicted octanol–water partition coefficient (Wildman–Crippen LogP) is 4.50.